The van der Waals surface area contributed by atoms with Crippen molar-refractivity contribution >= 4 is 51.1 Å². The summed E-state index contributed by atoms with van der Waals surface area (Å²) in [4.78, 5) is 5.50. The highest BCUT2D eigenvalue weighted by Gasteiger charge is 2.19. The fourth-order valence-corrected chi connectivity index (χ4v) is 5.69. The first-order valence-corrected chi connectivity index (χ1v) is 12.8. The highest BCUT2D eigenvalue weighted by molar-refractivity contribution is 7.89. The van der Waals surface area contributed by atoms with Gasteiger partial charge in [-0.2, -0.15) is 0 Å². The van der Waals surface area contributed by atoms with E-state index >= 15 is 0 Å². The Kier molecular flexibility index (Phi) is 8.57. The molecule has 0 fully saturated rings. The number of halogens is 2. The highest BCUT2D eigenvalue weighted by Crippen LogP contribution is 2.29. The topological polar surface area (TPSA) is 72.7 Å². The molecule has 1 N–H and O–H groups in total. The number of hydrogen-bond donors (Lipinski definition) is 1. The van der Waals surface area contributed by atoms with Crippen LogP contribution in [0.4, 0.5) is 5.69 Å². The summed E-state index contributed by atoms with van der Waals surface area (Å²) in [5, 5.41) is 2.11. The lowest BCUT2D eigenvalue weighted by molar-refractivity contribution is 0.415. The van der Waals surface area contributed by atoms with Crippen LogP contribution in [0.25, 0.3) is 11.3 Å². The van der Waals surface area contributed by atoms with Crippen molar-refractivity contribution < 1.29 is 13.2 Å². The van der Waals surface area contributed by atoms with Crippen LogP contribution in [0.1, 0.15) is 5.56 Å². The molecule has 178 valence electrons. The van der Waals surface area contributed by atoms with Gasteiger partial charge in [0.25, 0.3) is 0 Å². The van der Waals surface area contributed by atoms with Gasteiger partial charge in [-0.15, -0.1) is 23.7 Å². The van der Waals surface area contributed by atoms with Gasteiger partial charge < -0.3 is 9.30 Å². The Hall–Kier alpha value is -2.62. The molecule has 0 amide bonds. The Morgan fingerprint density at radius 1 is 1.06 bits per heavy atom. The molecule has 0 unspecified atom stereocenters. The number of sulfonamides is 1. The molecule has 0 bridgehead atoms. The maximum Gasteiger partial charge on any atom is 0.242 e. The molecule has 1 aromatic heterocycles. The molecule has 6 nitrogen and oxygen atoms in total. The van der Waals surface area contributed by atoms with E-state index in [0.29, 0.717) is 0 Å². The van der Waals surface area contributed by atoms with Crippen LogP contribution >= 0.6 is 35.3 Å². The summed E-state index contributed by atoms with van der Waals surface area (Å²) < 4.78 is 35.7. The average molecular weight is 537 g/mol. The van der Waals surface area contributed by atoms with E-state index in [1.165, 1.54) is 11.3 Å². The molecule has 1 heterocycles. The highest BCUT2D eigenvalue weighted by atomic mass is 35.5. The van der Waals surface area contributed by atoms with E-state index in [1.54, 1.807) is 25.3 Å². The summed E-state index contributed by atoms with van der Waals surface area (Å²) in [7, 11) is -0.290. The Labute approximate surface area is 214 Å². The van der Waals surface area contributed by atoms with E-state index in [1.807, 2.05) is 71.6 Å². The number of hydrogen-bond acceptors (Lipinski definition) is 5. The summed E-state index contributed by atoms with van der Waals surface area (Å²) in [6.07, 6.45) is 0. The van der Waals surface area contributed by atoms with Gasteiger partial charge in [0.15, 0.2) is 4.80 Å². The average Bonchev–Trinajstić information content (AvgIpc) is 3.19. The number of aromatic nitrogens is 1. The zero-order chi connectivity index (χ0) is 23.4. The number of benzene rings is 3. The van der Waals surface area contributed by atoms with Crippen molar-refractivity contribution in [2.75, 3.05) is 7.11 Å². The number of methoxy groups -OCH3 is 1. The van der Waals surface area contributed by atoms with Gasteiger partial charge in [-0.25, -0.2) is 18.1 Å². The van der Waals surface area contributed by atoms with Gasteiger partial charge in [-0.05, 0) is 42.0 Å². The summed E-state index contributed by atoms with van der Waals surface area (Å²) in [6, 6.07) is 21.8. The molecule has 0 saturated carbocycles. The SMILES string of the molecule is COc1ccc(/N=c2/scc(-c3ccc(Cl)c(S(=O)(=O)NCc4ccccc4)c3)n2C)cc1.Cl. The Morgan fingerprint density at radius 3 is 2.44 bits per heavy atom. The maximum absolute atomic E-state index is 13.0. The van der Waals surface area contributed by atoms with Gasteiger partial charge in [0.05, 0.1) is 23.5 Å². The Morgan fingerprint density at radius 2 is 1.76 bits per heavy atom. The predicted molar refractivity (Wildman–Crippen MR) is 140 cm³/mol. The second-order valence-electron chi connectivity index (χ2n) is 7.23. The molecule has 0 aliphatic carbocycles. The second-order valence-corrected chi connectivity index (χ2v) is 10.2. The number of thiazole rings is 1. The lowest BCUT2D eigenvalue weighted by Gasteiger charge is -2.11. The van der Waals surface area contributed by atoms with E-state index in [0.717, 1.165) is 33.1 Å². The third kappa shape index (κ3) is 5.89. The zero-order valence-electron chi connectivity index (χ0n) is 18.4. The minimum absolute atomic E-state index is 0. The first-order valence-electron chi connectivity index (χ1n) is 10.0. The summed E-state index contributed by atoms with van der Waals surface area (Å²) in [5.41, 5.74) is 3.23. The molecular weight excluding hydrogens is 513 g/mol. The first kappa shape index (κ1) is 26.0. The molecule has 0 spiro atoms. The van der Waals surface area contributed by atoms with Crippen LogP contribution in [0.2, 0.25) is 5.02 Å². The van der Waals surface area contributed by atoms with Crippen molar-refractivity contribution in [3.63, 3.8) is 0 Å². The van der Waals surface area contributed by atoms with Crippen molar-refractivity contribution in [2.24, 2.45) is 12.0 Å². The lowest BCUT2D eigenvalue weighted by atomic mass is 10.2. The number of nitrogens with zero attached hydrogens (tertiary/aromatic N) is 2. The maximum atomic E-state index is 13.0. The van der Waals surface area contributed by atoms with E-state index in [2.05, 4.69) is 9.71 Å². The van der Waals surface area contributed by atoms with Crippen LogP contribution in [0.15, 0.2) is 88.1 Å². The molecule has 0 atom stereocenters. The lowest BCUT2D eigenvalue weighted by Crippen LogP contribution is -2.23. The van der Waals surface area contributed by atoms with Gasteiger partial charge in [0.2, 0.25) is 10.0 Å². The largest absolute Gasteiger partial charge is 0.497 e. The van der Waals surface area contributed by atoms with Crippen LogP contribution in [-0.4, -0.2) is 20.1 Å². The van der Waals surface area contributed by atoms with Gasteiger partial charge in [-0.1, -0.05) is 48.0 Å². The predicted octanol–water partition coefficient (Wildman–Crippen LogP) is 5.55. The van der Waals surface area contributed by atoms with Crippen molar-refractivity contribution in [1.82, 2.24) is 9.29 Å². The molecule has 10 heteroatoms. The molecule has 34 heavy (non-hydrogen) atoms. The fourth-order valence-electron chi connectivity index (χ4n) is 3.22. The fraction of sp³-hybridized carbons (Fsp3) is 0.125. The van der Waals surface area contributed by atoms with E-state index < -0.39 is 10.0 Å². The molecule has 0 aliphatic rings. The molecule has 0 saturated heterocycles. The summed E-state index contributed by atoms with van der Waals surface area (Å²) >= 11 is 7.74. The van der Waals surface area contributed by atoms with Crippen LogP contribution < -0.4 is 14.3 Å². The van der Waals surface area contributed by atoms with Gasteiger partial charge >= 0.3 is 0 Å². The second kappa shape index (κ2) is 11.2. The van der Waals surface area contributed by atoms with Crippen molar-refractivity contribution in [3.8, 4) is 17.0 Å². The molecule has 3 aromatic carbocycles. The minimum Gasteiger partial charge on any atom is -0.497 e. The first-order chi connectivity index (χ1) is 15.9. The number of rotatable bonds is 7. The Balaban J connectivity index is 0.00000324. The molecule has 0 radical (unpaired) electrons. The van der Waals surface area contributed by atoms with Crippen molar-refractivity contribution in [3.05, 3.63) is 93.6 Å². The van der Waals surface area contributed by atoms with E-state index in [-0.39, 0.29) is 28.9 Å². The van der Waals surface area contributed by atoms with Crippen LogP contribution in [0.5, 0.6) is 5.75 Å². The normalized spacial score (nSPS) is 11.8. The third-order valence-corrected chi connectivity index (χ3v) is 7.85. The van der Waals surface area contributed by atoms with E-state index in [9.17, 15) is 8.42 Å². The molecule has 4 rings (SSSR count). The number of ether oxygens (including phenoxy) is 1. The van der Waals surface area contributed by atoms with Gasteiger partial charge in [-0.3, -0.25) is 0 Å². The Bertz CT molecular complexity index is 1430. The van der Waals surface area contributed by atoms with E-state index in [4.69, 9.17) is 16.3 Å². The monoisotopic (exact) mass is 535 g/mol. The van der Waals surface area contributed by atoms with Gasteiger partial charge in [0.1, 0.15) is 10.6 Å². The van der Waals surface area contributed by atoms with Crippen LogP contribution in [-0.2, 0) is 23.6 Å². The molecular formula is C24H23Cl2N3O3S2. The van der Waals surface area contributed by atoms with Crippen molar-refractivity contribution in [1.29, 1.82) is 0 Å². The summed E-state index contributed by atoms with van der Waals surface area (Å²) in [6.45, 7) is 0.181. The van der Waals surface area contributed by atoms with Crippen molar-refractivity contribution in [2.45, 2.75) is 11.4 Å². The van der Waals surface area contributed by atoms with Gasteiger partial charge in [0, 0.05) is 24.5 Å². The summed E-state index contributed by atoms with van der Waals surface area (Å²) in [5.74, 6) is 0.765. The third-order valence-electron chi connectivity index (χ3n) is 5.05. The van der Waals surface area contributed by atoms with Crippen LogP contribution in [0, 0.1) is 0 Å². The number of nitrogens with one attached hydrogen (secondary N) is 1. The molecule has 4 aromatic rings. The van der Waals surface area contributed by atoms with Crippen LogP contribution in [0.3, 0.4) is 0 Å². The zero-order valence-corrected chi connectivity index (χ0v) is 21.6. The molecule has 0 aliphatic heterocycles. The minimum atomic E-state index is -3.80. The quantitative estimate of drug-likeness (QED) is 0.337. The smallest absolute Gasteiger partial charge is 0.242 e. The standard InChI is InChI=1S/C24H22ClN3O3S2.ClH/c1-28-22(16-32-24(28)27-19-9-11-20(31-2)12-10-19)18-8-13-21(25)23(14-18)33(29,30)26-15-17-6-4-3-5-7-17;/h3-14,16,26H,15H2,1-2H3;1H/b27-24+;.